The predicted octanol–water partition coefficient (Wildman–Crippen LogP) is 3.61. The third-order valence-electron chi connectivity index (χ3n) is 2.71. The Labute approximate surface area is 102 Å². The van der Waals surface area contributed by atoms with E-state index in [2.05, 4.69) is 46.9 Å². The summed E-state index contributed by atoms with van der Waals surface area (Å²) in [5, 5.41) is 3.50. The maximum Gasteiger partial charge on any atom is 0.0697 e. The number of hydrogen-bond acceptors (Lipinski definition) is 2. The van der Waals surface area contributed by atoms with Crippen LogP contribution in [-0.2, 0) is 4.74 Å². The molecule has 0 aromatic carbocycles. The Bertz CT molecular complexity index is 163. The molecule has 0 aliphatic rings. The monoisotopic (exact) mass is 229 g/mol. The molecule has 0 saturated heterocycles. The molecule has 0 spiro atoms. The molecule has 0 rings (SSSR count). The van der Waals surface area contributed by atoms with Crippen LogP contribution in [0, 0.1) is 5.92 Å². The second-order valence-electron chi connectivity index (χ2n) is 5.89. The number of rotatable bonds is 8. The van der Waals surface area contributed by atoms with Gasteiger partial charge in [-0.3, -0.25) is 0 Å². The summed E-state index contributed by atoms with van der Waals surface area (Å²) >= 11 is 0. The molecule has 0 fully saturated rings. The van der Waals surface area contributed by atoms with Crippen LogP contribution in [0.25, 0.3) is 0 Å². The first-order valence-corrected chi connectivity index (χ1v) is 6.75. The summed E-state index contributed by atoms with van der Waals surface area (Å²) in [4.78, 5) is 0. The normalized spacial score (nSPS) is 16.1. The quantitative estimate of drug-likeness (QED) is 0.686. The molecular formula is C14H31NO. The number of ether oxygens (including phenoxy) is 1. The van der Waals surface area contributed by atoms with Crippen molar-refractivity contribution in [2.45, 2.75) is 72.4 Å². The van der Waals surface area contributed by atoms with E-state index in [1.165, 1.54) is 12.8 Å². The summed E-state index contributed by atoms with van der Waals surface area (Å²) in [5.74, 6) is 0.689. The molecule has 2 heteroatoms. The molecule has 98 valence electrons. The van der Waals surface area contributed by atoms with Crippen LogP contribution in [0.15, 0.2) is 0 Å². The highest BCUT2D eigenvalue weighted by Gasteiger charge is 2.14. The molecule has 0 heterocycles. The van der Waals surface area contributed by atoms with Gasteiger partial charge in [-0.1, -0.05) is 27.2 Å². The van der Waals surface area contributed by atoms with Gasteiger partial charge in [0.15, 0.2) is 0 Å². The van der Waals surface area contributed by atoms with Gasteiger partial charge in [-0.15, -0.1) is 0 Å². The van der Waals surface area contributed by atoms with Gasteiger partial charge in [0.25, 0.3) is 0 Å². The SMILES string of the molecule is CCCC(C)COC(CC)CNC(C)(C)C. The van der Waals surface area contributed by atoms with Crippen LogP contribution < -0.4 is 5.32 Å². The molecule has 1 N–H and O–H groups in total. The summed E-state index contributed by atoms with van der Waals surface area (Å²) in [6, 6.07) is 0. The van der Waals surface area contributed by atoms with Crippen LogP contribution in [-0.4, -0.2) is 24.8 Å². The van der Waals surface area contributed by atoms with E-state index >= 15 is 0 Å². The molecular weight excluding hydrogens is 198 g/mol. The van der Waals surface area contributed by atoms with Gasteiger partial charge in [0.1, 0.15) is 0 Å². The molecule has 2 nitrogen and oxygen atoms in total. The molecule has 0 radical (unpaired) electrons. The van der Waals surface area contributed by atoms with Gasteiger partial charge in [0, 0.05) is 18.7 Å². The Morgan fingerprint density at radius 1 is 1.19 bits per heavy atom. The van der Waals surface area contributed by atoms with Crippen molar-refractivity contribution in [3.05, 3.63) is 0 Å². The lowest BCUT2D eigenvalue weighted by atomic mass is 10.1. The maximum absolute atomic E-state index is 5.94. The predicted molar refractivity (Wildman–Crippen MR) is 71.9 cm³/mol. The molecule has 2 unspecified atom stereocenters. The van der Waals surface area contributed by atoms with Crippen LogP contribution in [0.4, 0.5) is 0 Å². The highest BCUT2D eigenvalue weighted by atomic mass is 16.5. The van der Waals surface area contributed by atoms with Gasteiger partial charge in [0.05, 0.1) is 6.10 Å². The molecule has 2 atom stereocenters. The first-order chi connectivity index (χ1) is 7.39. The van der Waals surface area contributed by atoms with Crippen LogP contribution in [0.5, 0.6) is 0 Å². The van der Waals surface area contributed by atoms with Crippen LogP contribution in [0.2, 0.25) is 0 Å². The second kappa shape index (κ2) is 8.08. The van der Waals surface area contributed by atoms with Crippen molar-refractivity contribution >= 4 is 0 Å². The van der Waals surface area contributed by atoms with E-state index in [0.29, 0.717) is 12.0 Å². The first-order valence-electron chi connectivity index (χ1n) is 6.75. The molecule has 0 aromatic rings. The standard InChI is InChI=1S/C14H31NO/c1-7-9-12(3)11-16-13(8-2)10-15-14(4,5)6/h12-13,15H,7-11H2,1-6H3. The van der Waals surface area contributed by atoms with E-state index in [4.69, 9.17) is 4.74 Å². The zero-order chi connectivity index (χ0) is 12.6. The lowest BCUT2D eigenvalue weighted by Gasteiger charge is -2.25. The van der Waals surface area contributed by atoms with Crippen molar-refractivity contribution < 1.29 is 4.74 Å². The zero-order valence-electron chi connectivity index (χ0n) is 12.1. The van der Waals surface area contributed by atoms with E-state index in [0.717, 1.165) is 19.6 Å². The van der Waals surface area contributed by atoms with E-state index < -0.39 is 0 Å². The first kappa shape index (κ1) is 15.9. The fourth-order valence-corrected chi connectivity index (χ4v) is 1.62. The van der Waals surface area contributed by atoms with E-state index in [9.17, 15) is 0 Å². The molecule has 0 aliphatic carbocycles. The van der Waals surface area contributed by atoms with Crippen molar-refractivity contribution in [3.63, 3.8) is 0 Å². The summed E-state index contributed by atoms with van der Waals surface area (Å²) in [7, 11) is 0. The maximum atomic E-state index is 5.94. The van der Waals surface area contributed by atoms with Crippen molar-refractivity contribution in [2.24, 2.45) is 5.92 Å². The number of hydrogen-bond donors (Lipinski definition) is 1. The van der Waals surface area contributed by atoms with Gasteiger partial charge in [-0.25, -0.2) is 0 Å². The van der Waals surface area contributed by atoms with Crippen LogP contribution in [0.3, 0.4) is 0 Å². The second-order valence-corrected chi connectivity index (χ2v) is 5.89. The number of nitrogens with one attached hydrogen (secondary N) is 1. The Balaban J connectivity index is 3.75. The minimum Gasteiger partial charge on any atom is -0.377 e. The van der Waals surface area contributed by atoms with Crippen LogP contribution in [0.1, 0.15) is 60.8 Å². The van der Waals surface area contributed by atoms with Gasteiger partial charge in [0.2, 0.25) is 0 Å². The smallest absolute Gasteiger partial charge is 0.0697 e. The Morgan fingerprint density at radius 3 is 2.25 bits per heavy atom. The fourth-order valence-electron chi connectivity index (χ4n) is 1.62. The summed E-state index contributed by atoms with van der Waals surface area (Å²) in [6.07, 6.45) is 3.96. The van der Waals surface area contributed by atoms with E-state index in [1.54, 1.807) is 0 Å². The Morgan fingerprint density at radius 2 is 1.81 bits per heavy atom. The topological polar surface area (TPSA) is 21.3 Å². The summed E-state index contributed by atoms with van der Waals surface area (Å²) in [5.41, 5.74) is 0.186. The molecule has 0 aliphatic heterocycles. The Kier molecular flexibility index (Phi) is 8.04. The van der Waals surface area contributed by atoms with Gasteiger partial charge in [-0.2, -0.15) is 0 Å². The average molecular weight is 229 g/mol. The minimum absolute atomic E-state index is 0.186. The van der Waals surface area contributed by atoms with Crippen LogP contribution >= 0.6 is 0 Å². The van der Waals surface area contributed by atoms with Crippen molar-refractivity contribution in [3.8, 4) is 0 Å². The van der Waals surface area contributed by atoms with E-state index in [-0.39, 0.29) is 5.54 Å². The molecule has 0 amide bonds. The highest BCUT2D eigenvalue weighted by molar-refractivity contribution is 4.73. The fraction of sp³-hybridized carbons (Fsp3) is 1.00. The minimum atomic E-state index is 0.186. The van der Waals surface area contributed by atoms with E-state index in [1.807, 2.05) is 0 Å². The molecule has 16 heavy (non-hydrogen) atoms. The third kappa shape index (κ3) is 9.17. The van der Waals surface area contributed by atoms with Crippen molar-refractivity contribution in [2.75, 3.05) is 13.2 Å². The lowest BCUT2D eigenvalue weighted by molar-refractivity contribution is 0.0255. The zero-order valence-corrected chi connectivity index (χ0v) is 12.1. The molecule has 0 aromatic heterocycles. The van der Waals surface area contributed by atoms with Gasteiger partial charge >= 0.3 is 0 Å². The third-order valence-corrected chi connectivity index (χ3v) is 2.71. The van der Waals surface area contributed by atoms with Gasteiger partial charge < -0.3 is 10.1 Å². The van der Waals surface area contributed by atoms with Gasteiger partial charge in [-0.05, 0) is 39.5 Å². The largest absolute Gasteiger partial charge is 0.377 e. The van der Waals surface area contributed by atoms with Crippen molar-refractivity contribution in [1.82, 2.24) is 5.32 Å². The molecule has 0 saturated carbocycles. The molecule has 0 bridgehead atoms. The van der Waals surface area contributed by atoms with Crippen molar-refractivity contribution in [1.29, 1.82) is 0 Å². The highest BCUT2D eigenvalue weighted by Crippen LogP contribution is 2.09. The summed E-state index contributed by atoms with van der Waals surface area (Å²) in [6.45, 7) is 15.1. The average Bonchev–Trinajstić information content (AvgIpc) is 2.17. The summed E-state index contributed by atoms with van der Waals surface area (Å²) < 4.78 is 5.94. The Hall–Kier alpha value is -0.0800. The lowest BCUT2D eigenvalue weighted by Crippen LogP contribution is -2.41.